The van der Waals surface area contributed by atoms with E-state index >= 15 is 0 Å². The van der Waals surface area contributed by atoms with Gasteiger partial charge in [-0.25, -0.2) is 4.39 Å². The maximum absolute atomic E-state index is 12.8. The monoisotopic (exact) mass is 370 g/mol. The van der Waals surface area contributed by atoms with Crippen molar-refractivity contribution in [2.24, 2.45) is 0 Å². The van der Waals surface area contributed by atoms with Crippen LogP contribution < -0.4 is 15.6 Å². The number of rotatable bonds is 6. The largest absolute Gasteiger partial charge is 0.484 e. The van der Waals surface area contributed by atoms with E-state index in [1.54, 1.807) is 6.26 Å². The average Bonchev–Trinajstić information content (AvgIpc) is 3.07. The van der Waals surface area contributed by atoms with Crippen LogP contribution in [-0.2, 0) is 22.4 Å². The molecule has 0 unspecified atom stereocenters. The number of nitrogens with one attached hydrogen (secondary N) is 2. The molecule has 7 heteroatoms. The number of benzene rings is 2. The molecule has 27 heavy (non-hydrogen) atoms. The van der Waals surface area contributed by atoms with E-state index in [1.807, 2.05) is 18.2 Å². The number of fused-ring (bicyclic) bond motifs is 1. The predicted octanol–water partition coefficient (Wildman–Crippen LogP) is 2.90. The van der Waals surface area contributed by atoms with Gasteiger partial charge < -0.3 is 9.15 Å². The Bertz CT molecular complexity index is 950. The molecule has 0 aliphatic carbocycles. The first-order valence-electron chi connectivity index (χ1n) is 8.50. The van der Waals surface area contributed by atoms with Crippen LogP contribution in [0.2, 0.25) is 0 Å². The second kappa shape index (κ2) is 8.35. The standard InChI is InChI=1S/C20H19FN2O4/c1-2-13-3-8-17-14(11-27-18(17)9-13)10-19(24)22-23-20(25)12-26-16-6-4-15(21)5-7-16/h3-9,11H,2,10,12H2,1H3,(H,22,24)(H,23,25). The Labute approximate surface area is 155 Å². The fraction of sp³-hybridized carbons (Fsp3) is 0.200. The molecule has 0 bridgehead atoms. The van der Waals surface area contributed by atoms with Crippen molar-refractivity contribution >= 4 is 22.8 Å². The summed E-state index contributed by atoms with van der Waals surface area (Å²) in [5, 5.41) is 0.869. The number of hydrogen-bond acceptors (Lipinski definition) is 4. The molecule has 6 nitrogen and oxygen atoms in total. The lowest BCUT2D eigenvalue weighted by atomic mass is 10.1. The number of hydrazine groups is 1. The molecule has 0 saturated carbocycles. The summed E-state index contributed by atoms with van der Waals surface area (Å²) in [6.45, 7) is 1.75. The van der Waals surface area contributed by atoms with E-state index in [0.717, 1.165) is 28.5 Å². The Hall–Kier alpha value is -3.35. The van der Waals surface area contributed by atoms with Gasteiger partial charge >= 0.3 is 0 Å². The third-order valence-corrected chi connectivity index (χ3v) is 4.00. The lowest BCUT2D eigenvalue weighted by Crippen LogP contribution is -2.44. The maximum atomic E-state index is 12.8. The third kappa shape index (κ3) is 4.84. The van der Waals surface area contributed by atoms with Crippen molar-refractivity contribution in [1.29, 1.82) is 0 Å². The molecule has 2 N–H and O–H groups in total. The summed E-state index contributed by atoms with van der Waals surface area (Å²) >= 11 is 0. The van der Waals surface area contributed by atoms with Gasteiger partial charge in [-0.3, -0.25) is 20.4 Å². The van der Waals surface area contributed by atoms with Crippen molar-refractivity contribution in [3.05, 3.63) is 65.7 Å². The molecule has 0 spiro atoms. The number of hydrogen-bond donors (Lipinski definition) is 2. The van der Waals surface area contributed by atoms with E-state index in [0.29, 0.717) is 5.75 Å². The highest BCUT2D eigenvalue weighted by Gasteiger charge is 2.12. The van der Waals surface area contributed by atoms with Gasteiger partial charge in [-0.1, -0.05) is 19.1 Å². The summed E-state index contributed by atoms with van der Waals surface area (Å²) in [5.41, 5.74) is 7.23. The van der Waals surface area contributed by atoms with Gasteiger partial charge in [0, 0.05) is 10.9 Å². The van der Waals surface area contributed by atoms with Crippen LogP contribution in [0.15, 0.2) is 53.1 Å². The van der Waals surface area contributed by atoms with Crippen LogP contribution in [0.5, 0.6) is 5.75 Å². The number of amides is 2. The molecule has 1 heterocycles. The molecule has 0 fully saturated rings. The highest BCUT2D eigenvalue weighted by atomic mass is 19.1. The van der Waals surface area contributed by atoms with Crippen LogP contribution in [0.3, 0.4) is 0 Å². The van der Waals surface area contributed by atoms with Crippen molar-refractivity contribution in [3.8, 4) is 5.75 Å². The highest BCUT2D eigenvalue weighted by Crippen LogP contribution is 2.23. The van der Waals surface area contributed by atoms with Gasteiger partial charge in [0.15, 0.2) is 6.61 Å². The van der Waals surface area contributed by atoms with Gasteiger partial charge in [0.25, 0.3) is 5.91 Å². The predicted molar refractivity (Wildman–Crippen MR) is 97.5 cm³/mol. The van der Waals surface area contributed by atoms with Gasteiger partial charge in [-0.05, 0) is 42.3 Å². The number of carbonyl (C=O) groups is 2. The molecule has 3 rings (SSSR count). The minimum atomic E-state index is -0.530. The van der Waals surface area contributed by atoms with Crippen molar-refractivity contribution in [2.75, 3.05) is 6.61 Å². The molecule has 2 amide bonds. The zero-order chi connectivity index (χ0) is 19.2. The first kappa shape index (κ1) is 18.4. The molecule has 0 saturated heterocycles. The Kier molecular flexibility index (Phi) is 5.71. The smallest absolute Gasteiger partial charge is 0.276 e. The zero-order valence-corrected chi connectivity index (χ0v) is 14.8. The van der Waals surface area contributed by atoms with Crippen LogP contribution in [-0.4, -0.2) is 18.4 Å². The highest BCUT2D eigenvalue weighted by molar-refractivity contribution is 5.89. The Morgan fingerprint density at radius 1 is 1.07 bits per heavy atom. The molecule has 0 atom stereocenters. The Morgan fingerprint density at radius 2 is 1.81 bits per heavy atom. The number of ether oxygens (including phenoxy) is 1. The SMILES string of the molecule is CCc1ccc2c(CC(=O)NNC(=O)COc3ccc(F)cc3)coc2c1. The molecule has 0 aliphatic heterocycles. The topological polar surface area (TPSA) is 80.6 Å². The summed E-state index contributed by atoms with van der Waals surface area (Å²) in [7, 11) is 0. The van der Waals surface area contributed by atoms with Crippen molar-refractivity contribution in [3.63, 3.8) is 0 Å². The second-order valence-corrected chi connectivity index (χ2v) is 5.96. The van der Waals surface area contributed by atoms with Gasteiger partial charge in [0.2, 0.25) is 5.91 Å². The van der Waals surface area contributed by atoms with Gasteiger partial charge in [-0.2, -0.15) is 0 Å². The van der Waals surface area contributed by atoms with Crippen LogP contribution >= 0.6 is 0 Å². The third-order valence-electron chi connectivity index (χ3n) is 4.00. The van der Waals surface area contributed by atoms with Crippen LogP contribution in [0.1, 0.15) is 18.1 Å². The van der Waals surface area contributed by atoms with E-state index in [9.17, 15) is 14.0 Å². The first-order chi connectivity index (χ1) is 13.0. The van der Waals surface area contributed by atoms with Gasteiger partial charge in [-0.15, -0.1) is 0 Å². The normalized spacial score (nSPS) is 10.6. The summed E-state index contributed by atoms with van der Waals surface area (Å²) in [6, 6.07) is 11.2. The molecule has 1 aromatic heterocycles. The fourth-order valence-corrected chi connectivity index (χ4v) is 2.56. The number of carbonyl (C=O) groups excluding carboxylic acids is 2. The van der Waals surface area contributed by atoms with E-state index in [2.05, 4.69) is 17.8 Å². The van der Waals surface area contributed by atoms with E-state index in [-0.39, 0.29) is 18.9 Å². The van der Waals surface area contributed by atoms with Gasteiger partial charge in [0.1, 0.15) is 17.1 Å². The average molecular weight is 370 g/mol. The molecule has 140 valence electrons. The molecular weight excluding hydrogens is 351 g/mol. The first-order valence-corrected chi connectivity index (χ1v) is 8.50. The Morgan fingerprint density at radius 3 is 2.56 bits per heavy atom. The van der Waals surface area contributed by atoms with E-state index in [1.165, 1.54) is 24.3 Å². The lowest BCUT2D eigenvalue weighted by molar-refractivity contribution is -0.129. The molecule has 2 aromatic carbocycles. The lowest BCUT2D eigenvalue weighted by Gasteiger charge is -2.08. The van der Waals surface area contributed by atoms with Gasteiger partial charge in [0.05, 0.1) is 12.7 Å². The van der Waals surface area contributed by atoms with Crippen molar-refractivity contribution in [1.82, 2.24) is 10.9 Å². The quantitative estimate of drug-likeness (QED) is 0.654. The van der Waals surface area contributed by atoms with Crippen molar-refractivity contribution < 1.29 is 23.1 Å². The summed E-state index contributed by atoms with van der Waals surface area (Å²) < 4.78 is 23.5. The number of furan rings is 1. The molecular formula is C20H19FN2O4. The number of halogens is 1. The van der Waals surface area contributed by atoms with Crippen LogP contribution in [0.4, 0.5) is 4.39 Å². The summed E-state index contributed by atoms with van der Waals surface area (Å²) in [4.78, 5) is 23.8. The van der Waals surface area contributed by atoms with E-state index in [4.69, 9.17) is 9.15 Å². The van der Waals surface area contributed by atoms with Crippen LogP contribution in [0.25, 0.3) is 11.0 Å². The zero-order valence-electron chi connectivity index (χ0n) is 14.8. The summed E-state index contributed by atoms with van der Waals surface area (Å²) in [5.74, 6) is -0.948. The summed E-state index contributed by atoms with van der Waals surface area (Å²) in [6.07, 6.45) is 2.51. The minimum Gasteiger partial charge on any atom is -0.484 e. The molecule has 3 aromatic rings. The van der Waals surface area contributed by atoms with Crippen molar-refractivity contribution in [2.45, 2.75) is 19.8 Å². The fourth-order valence-electron chi connectivity index (χ4n) is 2.56. The molecule has 0 radical (unpaired) electrons. The minimum absolute atomic E-state index is 0.0670. The number of aryl methyl sites for hydroxylation is 1. The van der Waals surface area contributed by atoms with Crippen LogP contribution in [0, 0.1) is 5.82 Å². The maximum Gasteiger partial charge on any atom is 0.276 e. The Balaban J connectivity index is 1.48. The second-order valence-electron chi connectivity index (χ2n) is 5.96. The molecule has 0 aliphatic rings. The van der Waals surface area contributed by atoms with E-state index < -0.39 is 11.7 Å².